The molecule has 1 heterocycles. The molecule has 0 radical (unpaired) electrons. The molecule has 2 aromatic rings. The maximum Gasteiger partial charge on any atom is 0.291 e. The van der Waals surface area contributed by atoms with E-state index >= 15 is 0 Å². The van der Waals surface area contributed by atoms with Crippen molar-refractivity contribution in [2.24, 2.45) is 18.1 Å². The van der Waals surface area contributed by atoms with Gasteiger partial charge in [-0.3, -0.25) is 14.3 Å². The number of hydrazone groups is 1. The van der Waals surface area contributed by atoms with E-state index in [0.29, 0.717) is 16.4 Å². The number of hydrogen-bond acceptors (Lipinski definition) is 4. The van der Waals surface area contributed by atoms with Crippen molar-refractivity contribution in [3.05, 3.63) is 46.2 Å². The Hall–Kier alpha value is -2.67. The van der Waals surface area contributed by atoms with Gasteiger partial charge in [-0.05, 0) is 44.4 Å². The van der Waals surface area contributed by atoms with Crippen molar-refractivity contribution in [1.82, 2.24) is 15.2 Å². The summed E-state index contributed by atoms with van der Waals surface area (Å²) < 4.78 is 1.43. The molecule has 1 aromatic carbocycles. The van der Waals surface area contributed by atoms with E-state index in [1.165, 1.54) is 4.68 Å². The number of carbonyl (C=O) groups is 2. The van der Waals surface area contributed by atoms with Gasteiger partial charge >= 0.3 is 0 Å². The first-order valence-corrected chi connectivity index (χ1v) is 9.19. The van der Waals surface area contributed by atoms with Crippen molar-refractivity contribution in [3.8, 4) is 0 Å². The van der Waals surface area contributed by atoms with Crippen LogP contribution in [0.3, 0.4) is 0 Å². The summed E-state index contributed by atoms with van der Waals surface area (Å²) in [5.74, 6) is -0.201. The molecule has 3 rings (SSSR count). The number of nitrogens with zero attached hydrogens (tertiary/aromatic N) is 3. The summed E-state index contributed by atoms with van der Waals surface area (Å²) in [7, 11) is 1.65. The molecule has 1 aliphatic rings. The average Bonchev–Trinajstić information content (AvgIpc) is 2.83. The highest BCUT2D eigenvalue weighted by atomic mass is 35.5. The molecule has 0 unspecified atom stereocenters. The monoisotopic (exact) mass is 387 g/mol. The van der Waals surface area contributed by atoms with E-state index in [-0.39, 0.29) is 17.5 Å². The number of carbonyl (C=O) groups excluding carboxylic acids is 2. The molecule has 2 N–H and O–H groups in total. The molecule has 1 saturated carbocycles. The number of anilines is 1. The minimum atomic E-state index is -0.424. The molecule has 1 aromatic heterocycles. The van der Waals surface area contributed by atoms with Crippen molar-refractivity contribution >= 4 is 34.8 Å². The van der Waals surface area contributed by atoms with Crippen LogP contribution in [-0.4, -0.2) is 27.3 Å². The van der Waals surface area contributed by atoms with Gasteiger partial charge in [0.15, 0.2) is 0 Å². The zero-order chi connectivity index (χ0) is 19.6. The fraction of sp³-hybridized carbons (Fsp3) is 0.368. The van der Waals surface area contributed by atoms with Gasteiger partial charge in [0.1, 0.15) is 5.69 Å². The van der Waals surface area contributed by atoms with E-state index in [1.54, 1.807) is 20.9 Å². The number of halogens is 1. The average molecular weight is 388 g/mol. The van der Waals surface area contributed by atoms with Gasteiger partial charge in [-0.1, -0.05) is 30.2 Å². The molecule has 2 amide bonds. The van der Waals surface area contributed by atoms with Crippen LogP contribution in [-0.2, 0) is 11.8 Å². The number of rotatable bonds is 5. The second-order valence-corrected chi connectivity index (χ2v) is 7.08. The lowest BCUT2D eigenvalue weighted by atomic mass is 9.85. The Morgan fingerprint density at radius 1 is 1.26 bits per heavy atom. The largest absolute Gasteiger partial charge is 0.326 e. The molecule has 0 spiro atoms. The summed E-state index contributed by atoms with van der Waals surface area (Å²) in [5, 5.41) is 11.5. The van der Waals surface area contributed by atoms with Crippen LogP contribution < -0.4 is 10.7 Å². The van der Waals surface area contributed by atoms with E-state index in [1.807, 2.05) is 24.3 Å². The summed E-state index contributed by atoms with van der Waals surface area (Å²) in [4.78, 5) is 24.3. The topological polar surface area (TPSA) is 88.4 Å². The predicted molar refractivity (Wildman–Crippen MR) is 105 cm³/mol. The van der Waals surface area contributed by atoms with Crippen molar-refractivity contribution in [1.29, 1.82) is 0 Å². The van der Waals surface area contributed by atoms with Crippen molar-refractivity contribution in [3.63, 3.8) is 0 Å². The van der Waals surface area contributed by atoms with Crippen LogP contribution in [0, 0.1) is 12.8 Å². The Morgan fingerprint density at radius 3 is 2.44 bits per heavy atom. The third kappa shape index (κ3) is 4.19. The van der Waals surface area contributed by atoms with E-state index in [2.05, 4.69) is 20.9 Å². The van der Waals surface area contributed by atoms with Crippen molar-refractivity contribution < 1.29 is 9.59 Å². The SMILES string of the molecule is C/C(=N/NC(=O)c1c(Cl)c(C)nn1C)c1ccc(NC(=O)C2CCC2)cc1. The van der Waals surface area contributed by atoms with Gasteiger partial charge in [-0.2, -0.15) is 10.2 Å². The fourth-order valence-corrected chi connectivity index (χ4v) is 3.09. The molecule has 27 heavy (non-hydrogen) atoms. The van der Waals surface area contributed by atoms with Crippen LogP contribution >= 0.6 is 11.6 Å². The minimum Gasteiger partial charge on any atom is -0.326 e. The number of hydrogen-bond donors (Lipinski definition) is 2. The Bertz CT molecular complexity index is 898. The predicted octanol–water partition coefficient (Wildman–Crippen LogP) is 3.27. The molecule has 0 saturated heterocycles. The second kappa shape index (κ2) is 7.92. The Kier molecular flexibility index (Phi) is 5.60. The van der Waals surface area contributed by atoms with Crippen LogP contribution in [0.15, 0.2) is 29.4 Å². The fourth-order valence-electron chi connectivity index (χ4n) is 2.84. The van der Waals surface area contributed by atoms with Gasteiger partial charge in [0.25, 0.3) is 5.91 Å². The van der Waals surface area contributed by atoms with Gasteiger partial charge in [-0.25, -0.2) is 5.43 Å². The Morgan fingerprint density at radius 2 is 1.93 bits per heavy atom. The molecule has 0 atom stereocenters. The minimum absolute atomic E-state index is 0.0787. The molecular weight excluding hydrogens is 366 g/mol. The molecule has 8 heteroatoms. The van der Waals surface area contributed by atoms with Gasteiger partial charge in [0.05, 0.1) is 16.4 Å². The van der Waals surface area contributed by atoms with Crippen LogP contribution in [0.2, 0.25) is 5.02 Å². The summed E-state index contributed by atoms with van der Waals surface area (Å²) in [6.45, 7) is 3.53. The number of benzene rings is 1. The first kappa shape index (κ1) is 19.1. The maximum atomic E-state index is 12.3. The lowest BCUT2D eigenvalue weighted by molar-refractivity contribution is -0.122. The highest BCUT2D eigenvalue weighted by Crippen LogP contribution is 2.27. The Balaban J connectivity index is 1.63. The summed E-state index contributed by atoms with van der Waals surface area (Å²) in [6, 6.07) is 7.35. The number of amides is 2. The molecule has 1 aliphatic carbocycles. The maximum absolute atomic E-state index is 12.3. The summed E-state index contributed by atoms with van der Waals surface area (Å²) >= 11 is 6.11. The summed E-state index contributed by atoms with van der Waals surface area (Å²) in [5.41, 5.74) is 5.58. The molecule has 7 nitrogen and oxygen atoms in total. The zero-order valence-electron chi connectivity index (χ0n) is 15.5. The van der Waals surface area contributed by atoms with Crippen LogP contribution in [0.25, 0.3) is 0 Å². The highest BCUT2D eigenvalue weighted by Gasteiger charge is 2.25. The Labute approximate surface area is 162 Å². The van der Waals surface area contributed by atoms with Gasteiger partial charge in [-0.15, -0.1) is 0 Å². The number of aromatic nitrogens is 2. The van der Waals surface area contributed by atoms with E-state index in [0.717, 1.165) is 30.5 Å². The third-order valence-electron chi connectivity index (χ3n) is 4.74. The quantitative estimate of drug-likeness (QED) is 0.609. The first-order valence-electron chi connectivity index (χ1n) is 8.82. The molecule has 142 valence electrons. The number of aryl methyl sites for hydroxylation is 2. The molecule has 0 bridgehead atoms. The smallest absolute Gasteiger partial charge is 0.291 e. The highest BCUT2D eigenvalue weighted by molar-refractivity contribution is 6.34. The number of nitrogens with one attached hydrogen (secondary N) is 2. The van der Waals surface area contributed by atoms with Gasteiger partial charge in [0.2, 0.25) is 5.91 Å². The van der Waals surface area contributed by atoms with E-state index in [9.17, 15) is 9.59 Å². The molecule has 1 fully saturated rings. The normalized spacial score (nSPS) is 14.6. The third-order valence-corrected chi connectivity index (χ3v) is 5.19. The van der Waals surface area contributed by atoms with E-state index < -0.39 is 5.91 Å². The second-order valence-electron chi connectivity index (χ2n) is 6.70. The van der Waals surface area contributed by atoms with Crippen LogP contribution in [0.4, 0.5) is 5.69 Å². The summed E-state index contributed by atoms with van der Waals surface area (Å²) in [6.07, 6.45) is 3.06. The van der Waals surface area contributed by atoms with Crippen molar-refractivity contribution in [2.75, 3.05) is 5.32 Å². The zero-order valence-corrected chi connectivity index (χ0v) is 16.3. The lowest BCUT2D eigenvalue weighted by Crippen LogP contribution is -2.28. The lowest BCUT2D eigenvalue weighted by Gasteiger charge is -2.24. The molecular formula is C19H22ClN5O2. The van der Waals surface area contributed by atoms with Gasteiger partial charge < -0.3 is 5.32 Å². The van der Waals surface area contributed by atoms with E-state index in [4.69, 9.17) is 11.6 Å². The standard InChI is InChI=1S/C19H22ClN5O2/c1-11(22-23-19(27)17-16(20)12(2)24-25(17)3)13-7-9-15(10-8-13)21-18(26)14-5-4-6-14/h7-10,14H,4-6H2,1-3H3,(H,21,26)(H,23,27)/b22-11-. The van der Waals surface area contributed by atoms with Crippen LogP contribution in [0.1, 0.15) is 47.9 Å². The first-order chi connectivity index (χ1) is 12.9. The van der Waals surface area contributed by atoms with Crippen LogP contribution in [0.5, 0.6) is 0 Å². The van der Waals surface area contributed by atoms with Gasteiger partial charge in [0, 0.05) is 18.7 Å². The molecule has 0 aliphatic heterocycles. The van der Waals surface area contributed by atoms with Crippen molar-refractivity contribution in [2.45, 2.75) is 33.1 Å².